The number of pyridine rings is 1. The molecule has 1 aromatic carbocycles. The van der Waals surface area contributed by atoms with Gasteiger partial charge in [0.15, 0.2) is 0 Å². The number of piperidine rings is 1. The van der Waals surface area contributed by atoms with Crippen LogP contribution in [0.15, 0.2) is 66.9 Å². The third-order valence-corrected chi connectivity index (χ3v) is 6.73. The average Bonchev–Trinajstić information content (AvgIpc) is 3.48. The molecule has 1 fully saturated rings. The fourth-order valence-corrected chi connectivity index (χ4v) is 4.86. The lowest BCUT2D eigenvalue weighted by Crippen LogP contribution is -2.42. The number of hydrogen-bond donors (Lipinski definition) is 2. The fourth-order valence-electron chi connectivity index (χ4n) is 4.86. The number of hydrogen-bond acceptors (Lipinski definition) is 6. The quantitative estimate of drug-likeness (QED) is 0.332. The van der Waals surface area contributed by atoms with Gasteiger partial charge < -0.3 is 24.6 Å². The molecule has 1 spiro atoms. The molecule has 2 aromatic heterocycles. The van der Waals surface area contributed by atoms with Crippen LogP contribution in [0.1, 0.15) is 42.5 Å². The van der Waals surface area contributed by atoms with Gasteiger partial charge in [-0.25, -0.2) is 14.1 Å². The van der Waals surface area contributed by atoms with E-state index >= 15 is 0 Å². The van der Waals surface area contributed by atoms with Crippen LogP contribution in [-0.4, -0.2) is 62.9 Å². The molecule has 1 saturated heterocycles. The molecular weight excluding hydrogens is 474 g/mol. The van der Waals surface area contributed by atoms with Gasteiger partial charge in [-0.2, -0.15) is 5.10 Å². The molecule has 0 aliphatic carbocycles. The van der Waals surface area contributed by atoms with Crippen molar-refractivity contribution < 1.29 is 29.3 Å². The highest BCUT2D eigenvalue weighted by Gasteiger charge is 2.42. The second-order valence-corrected chi connectivity index (χ2v) is 9.26. The van der Waals surface area contributed by atoms with Crippen LogP contribution in [0.25, 0.3) is 5.52 Å². The SMILES string of the molecule is O=C(O)/C=C\C(=O)O.c1ccc2c(c1)COC21CCN(CCCCOCc2cc3ccccn3n2)CC1. The van der Waals surface area contributed by atoms with E-state index in [4.69, 9.17) is 19.7 Å². The van der Waals surface area contributed by atoms with Gasteiger partial charge in [0.1, 0.15) is 0 Å². The first-order valence-corrected chi connectivity index (χ1v) is 12.5. The predicted octanol–water partition coefficient (Wildman–Crippen LogP) is 3.86. The van der Waals surface area contributed by atoms with Gasteiger partial charge in [0.05, 0.1) is 30.0 Å². The normalized spacial score (nSPS) is 16.5. The molecule has 2 aliphatic heterocycles. The maximum atomic E-state index is 9.55. The minimum absolute atomic E-state index is 0.0235. The Balaban J connectivity index is 0.000000349. The number of carbonyl (C=O) groups is 2. The van der Waals surface area contributed by atoms with E-state index in [9.17, 15) is 9.59 Å². The van der Waals surface area contributed by atoms with E-state index in [1.807, 2.05) is 22.8 Å². The van der Waals surface area contributed by atoms with Crippen molar-refractivity contribution in [2.45, 2.75) is 44.5 Å². The number of aromatic nitrogens is 2. The van der Waals surface area contributed by atoms with Crippen LogP contribution in [0.4, 0.5) is 0 Å². The molecule has 9 heteroatoms. The second-order valence-electron chi connectivity index (χ2n) is 9.26. The standard InChI is InChI=1S/C24H29N3O2.C4H4O4/c1-2-9-23-20(7-1)18-29-24(23)10-14-26(15-11-24)12-5-6-16-28-19-21-17-22-8-3-4-13-27(22)25-21;5-3(6)1-2-4(7)8/h1-4,7-9,13,17H,5-6,10-12,14-16,18-19H2;1-2H,(H,5,6)(H,7,8)/b;2-1-. The Hall–Kier alpha value is -3.53. The summed E-state index contributed by atoms with van der Waals surface area (Å²) >= 11 is 0. The molecule has 0 saturated carbocycles. The van der Waals surface area contributed by atoms with E-state index < -0.39 is 11.9 Å². The molecule has 3 aromatic rings. The Morgan fingerprint density at radius 1 is 1.03 bits per heavy atom. The van der Waals surface area contributed by atoms with Gasteiger partial charge in [0.2, 0.25) is 0 Å². The topological polar surface area (TPSA) is 114 Å². The van der Waals surface area contributed by atoms with Crippen LogP contribution in [-0.2, 0) is 37.9 Å². The van der Waals surface area contributed by atoms with Crippen molar-refractivity contribution >= 4 is 17.5 Å². The first-order valence-electron chi connectivity index (χ1n) is 12.5. The number of ether oxygens (including phenoxy) is 2. The molecule has 4 heterocycles. The summed E-state index contributed by atoms with van der Waals surface area (Å²) < 4.78 is 14.0. The molecule has 2 N–H and O–H groups in total. The van der Waals surface area contributed by atoms with Gasteiger partial charge in [-0.05, 0) is 61.6 Å². The third kappa shape index (κ3) is 7.25. The van der Waals surface area contributed by atoms with Gasteiger partial charge in [0, 0.05) is 38.0 Å². The molecule has 196 valence electrons. The minimum atomic E-state index is -1.26. The van der Waals surface area contributed by atoms with Crippen molar-refractivity contribution in [3.63, 3.8) is 0 Å². The molecule has 0 atom stereocenters. The average molecular weight is 508 g/mol. The summed E-state index contributed by atoms with van der Waals surface area (Å²) in [4.78, 5) is 21.7. The largest absolute Gasteiger partial charge is 0.478 e. The van der Waals surface area contributed by atoms with Crippen LogP contribution in [0.5, 0.6) is 0 Å². The summed E-state index contributed by atoms with van der Waals surface area (Å²) in [6.07, 6.45) is 7.56. The molecule has 5 rings (SSSR count). The molecule has 0 amide bonds. The first kappa shape index (κ1) is 26.5. The first-order chi connectivity index (χ1) is 17.9. The van der Waals surface area contributed by atoms with E-state index in [1.54, 1.807) is 0 Å². The van der Waals surface area contributed by atoms with Gasteiger partial charge in [0.25, 0.3) is 0 Å². The summed E-state index contributed by atoms with van der Waals surface area (Å²) in [6.45, 7) is 5.55. The molecule has 2 aliphatic rings. The van der Waals surface area contributed by atoms with Gasteiger partial charge in [-0.1, -0.05) is 30.3 Å². The number of rotatable bonds is 9. The Bertz CT molecular complexity index is 1180. The van der Waals surface area contributed by atoms with Gasteiger partial charge in [-0.3, -0.25) is 0 Å². The molecule has 37 heavy (non-hydrogen) atoms. The van der Waals surface area contributed by atoms with E-state index in [0.29, 0.717) is 18.8 Å². The summed E-state index contributed by atoms with van der Waals surface area (Å²) in [5.41, 5.74) is 4.89. The number of aliphatic carboxylic acids is 2. The van der Waals surface area contributed by atoms with Crippen LogP contribution in [0, 0.1) is 0 Å². The van der Waals surface area contributed by atoms with E-state index in [1.165, 1.54) is 17.5 Å². The number of likely N-dealkylation sites (tertiary alicyclic amines) is 1. The summed E-state index contributed by atoms with van der Waals surface area (Å²) in [6, 6.07) is 16.9. The monoisotopic (exact) mass is 507 g/mol. The lowest BCUT2D eigenvalue weighted by atomic mass is 9.84. The number of benzene rings is 1. The van der Waals surface area contributed by atoms with E-state index in [0.717, 1.165) is 63.3 Å². The van der Waals surface area contributed by atoms with Crippen LogP contribution < -0.4 is 0 Å². The Kier molecular flexibility index (Phi) is 9.05. The zero-order chi connectivity index (χ0) is 26.1. The van der Waals surface area contributed by atoms with Crippen molar-refractivity contribution in [3.8, 4) is 0 Å². The maximum absolute atomic E-state index is 9.55. The molecule has 9 nitrogen and oxygen atoms in total. The smallest absolute Gasteiger partial charge is 0.328 e. The second kappa shape index (κ2) is 12.6. The number of fused-ring (bicyclic) bond motifs is 3. The van der Waals surface area contributed by atoms with Crippen LogP contribution >= 0.6 is 0 Å². The highest BCUT2D eigenvalue weighted by molar-refractivity contribution is 5.89. The summed E-state index contributed by atoms with van der Waals surface area (Å²) in [7, 11) is 0. The molecule has 0 bridgehead atoms. The molecule has 0 unspecified atom stereocenters. The van der Waals surface area contributed by atoms with Gasteiger partial charge >= 0.3 is 11.9 Å². The zero-order valence-corrected chi connectivity index (χ0v) is 20.8. The zero-order valence-electron chi connectivity index (χ0n) is 20.8. The number of carboxylic acid groups (broad SMARTS) is 2. The number of unbranched alkanes of at least 4 members (excludes halogenated alkanes) is 1. The van der Waals surface area contributed by atoms with Crippen molar-refractivity contribution in [2.24, 2.45) is 0 Å². The van der Waals surface area contributed by atoms with E-state index in [2.05, 4.69) is 46.4 Å². The predicted molar refractivity (Wildman–Crippen MR) is 137 cm³/mol. The fraction of sp³-hybridized carbons (Fsp3) is 0.393. The third-order valence-electron chi connectivity index (χ3n) is 6.73. The number of carboxylic acids is 2. The van der Waals surface area contributed by atoms with Crippen molar-refractivity contribution in [1.82, 2.24) is 14.5 Å². The maximum Gasteiger partial charge on any atom is 0.328 e. The highest BCUT2D eigenvalue weighted by Crippen LogP contribution is 2.43. The highest BCUT2D eigenvalue weighted by atomic mass is 16.5. The summed E-state index contributed by atoms with van der Waals surface area (Å²) in [5.74, 6) is -2.51. The van der Waals surface area contributed by atoms with Crippen molar-refractivity contribution in [3.05, 3.63) is 83.7 Å². The van der Waals surface area contributed by atoms with Gasteiger partial charge in [-0.15, -0.1) is 0 Å². The Labute approximate surface area is 215 Å². The summed E-state index contributed by atoms with van der Waals surface area (Å²) in [5, 5.41) is 20.2. The van der Waals surface area contributed by atoms with Crippen LogP contribution in [0.3, 0.4) is 0 Å². The van der Waals surface area contributed by atoms with Crippen LogP contribution in [0.2, 0.25) is 0 Å². The Morgan fingerprint density at radius 3 is 2.49 bits per heavy atom. The lowest BCUT2D eigenvalue weighted by molar-refractivity contribution is -0.134. The molecule has 0 radical (unpaired) electrons. The van der Waals surface area contributed by atoms with Crippen molar-refractivity contribution in [1.29, 1.82) is 0 Å². The Morgan fingerprint density at radius 2 is 1.76 bits per heavy atom. The molecular formula is C28H33N3O6. The van der Waals surface area contributed by atoms with E-state index in [-0.39, 0.29) is 5.60 Å². The lowest BCUT2D eigenvalue weighted by Gasteiger charge is -2.39. The minimum Gasteiger partial charge on any atom is -0.478 e. The number of nitrogens with zero attached hydrogens (tertiary/aromatic N) is 3. The van der Waals surface area contributed by atoms with Crippen molar-refractivity contribution in [2.75, 3.05) is 26.2 Å².